The lowest BCUT2D eigenvalue weighted by Crippen LogP contribution is -2.27. The Kier molecular flexibility index (Phi) is 6.26. The summed E-state index contributed by atoms with van der Waals surface area (Å²) in [5.41, 5.74) is 0.359. The molecule has 0 aliphatic rings. The Morgan fingerprint density at radius 2 is 1.85 bits per heavy atom. The topological polar surface area (TPSA) is 58.2 Å². The van der Waals surface area contributed by atoms with Crippen LogP contribution >= 0.6 is 11.6 Å². The van der Waals surface area contributed by atoms with E-state index in [1.54, 1.807) is 18.2 Å². The van der Waals surface area contributed by atoms with Crippen molar-refractivity contribution in [2.24, 2.45) is 0 Å². The maximum Gasteiger partial charge on any atom is 0.417 e. The Hall–Kier alpha value is -2.54. The molecule has 0 spiro atoms. The van der Waals surface area contributed by atoms with E-state index in [2.05, 4.69) is 10.6 Å². The van der Waals surface area contributed by atoms with Gasteiger partial charge >= 0.3 is 6.18 Å². The second-order valence-electron chi connectivity index (χ2n) is 5.62. The molecular formula is C18H16ClF3N2O2. The molecule has 0 heterocycles. The molecule has 8 heteroatoms. The Morgan fingerprint density at radius 1 is 1.12 bits per heavy atom. The molecule has 0 aliphatic heterocycles. The molecule has 0 fully saturated rings. The van der Waals surface area contributed by atoms with Crippen molar-refractivity contribution >= 4 is 29.1 Å². The lowest BCUT2D eigenvalue weighted by atomic mass is 10.1. The van der Waals surface area contributed by atoms with Crippen LogP contribution in [0.1, 0.15) is 27.9 Å². The number of anilines is 1. The second-order valence-corrected chi connectivity index (χ2v) is 6.02. The molecule has 2 aromatic rings. The molecule has 2 N–H and O–H groups in total. The highest BCUT2D eigenvalue weighted by Gasteiger charge is 2.33. The van der Waals surface area contributed by atoms with Gasteiger partial charge in [0, 0.05) is 24.2 Å². The van der Waals surface area contributed by atoms with Gasteiger partial charge in [0.1, 0.15) is 0 Å². The van der Waals surface area contributed by atoms with Crippen LogP contribution in [-0.2, 0) is 11.0 Å². The van der Waals surface area contributed by atoms with Crippen molar-refractivity contribution in [3.05, 3.63) is 64.2 Å². The number of benzene rings is 2. The lowest BCUT2D eigenvalue weighted by molar-refractivity contribution is -0.137. The summed E-state index contributed by atoms with van der Waals surface area (Å²) in [6.45, 7) is 1.91. The van der Waals surface area contributed by atoms with Gasteiger partial charge in [-0.1, -0.05) is 29.3 Å². The first-order chi connectivity index (χ1) is 12.2. The van der Waals surface area contributed by atoms with E-state index in [9.17, 15) is 22.8 Å². The average molecular weight is 385 g/mol. The monoisotopic (exact) mass is 384 g/mol. The molecule has 138 valence electrons. The first-order valence-corrected chi connectivity index (χ1v) is 8.06. The first kappa shape index (κ1) is 19.8. The number of alkyl halides is 3. The molecule has 2 amide bonds. The third-order valence-electron chi connectivity index (χ3n) is 3.47. The normalized spacial score (nSPS) is 11.1. The number of carbonyl (C=O) groups is 2. The van der Waals surface area contributed by atoms with E-state index in [-0.39, 0.29) is 24.6 Å². The van der Waals surface area contributed by atoms with Crippen molar-refractivity contribution in [2.75, 3.05) is 11.9 Å². The lowest BCUT2D eigenvalue weighted by Gasteiger charge is -2.12. The fourth-order valence-corrected chi connectivity index (χ4v) is 2.45. The van der Waals surface area contributed by atoms with Crippen LogP contribution in [0.4, 0.5) is 18.9 Å². The molecule has 2 rings (SSSR count). The molecule has 0 aromatic heterocycles. The molecule has 0 unspecified atom stereocenters. The van der Waals surface area contributed by atoms with Gasteiger partial charge in [-0.2, -0.15) is 13.2 Å². The summed E-state index contributed by atoms with van der Waals surface area (Å²) in [5, 5.41) is 4.50. The highest BCUT2D eigenvalue weighted by atomic mass is 35.5. The molecule has 2 aromatic carbocycles. The number of nitrogens with one attached hydrogen (secondary N) is 2. The highest BCUT2D eigenvalue weighted by molar-refractivity contribution is 6.31. The Bertz CT molecular complexity index is 822. The zero-order valence-corrected chi connectivity index (χ0v) is 14.5. The zero-order chi connectivity index (χ0) is 19.3. The summed E-state index contributed by atoms with van der Waals surface area (Å²) < 4.78 is 38.4. The average Bonchev–Trinajstić information content (AvgIpc) is 2.55. The van der Waals surface area contributed by atoms with Gasteiger partial charge in [-0.15, -0.1) is 0 Å². The van der Waals surface area contributed by atoms with Crippen LogP contribution in [0.3, 0.4) is 0 Å². The van der Waals surface area contributed by atoms with E-state index in [4.69, 9.17) is 11.6 Å². The van der Waals surface area contributed by atoms with Gasteiger partial charge in [0.2, 0.25) is 5.91 Å². The van der Waals surface area contributed by atoms with Crippen molar-refractivity contribution in [2.45, 2.75) is 19.5 Å². The van der Waals surface area contributed by atoms with E-state index >= 15 is 0 Å². The van der Waals surface area contributed by atoms with Crippen LogP contribution < -0.4 is 10.6 Å². The number of halogens is 4. The van der Waals surface area contributed by atoms with Gasteiger partial charge in [-0.05, 0) is 37.3 Å². The van der Waals surface area contributed by atoms with Crippen LogP contribution in [0.25, 0.3) is 0 Å². The molecule has 0 atom stereocenters. The van der Waals surface area contributed by atoms with Crippen LogP contribution in [0, 0.1) is 6.92 Å². The zero-order valence-electron chi connectivity index (χ0n) is 13.8. The Balaban J connectivity index is 1.88. The van der Waals surface area contributed by atoms with Crippen molar-refractivity contribution < 1.29 is 22.8 Å². The van der Waals surface area contributed by atoms with E-state index in [0.29, 0.717) is 5.56 Å². The second kappa shape index (κ2) is 8.23. The van der Waals surface area contributed by atoms with Gasteiger partial charge in [-0.3, -0.25) is 9.59 Å². The van der Waals surface area contributed by atoms with Crippen LogP contribution in [0.5, 0.6) is 0 Å². The maximum absolute atomic E-state index is 12.8. The Labute approximate surface area is 153 Å². The fourth-order valence-electron chi connectivity index (χ4n) is 2.22. The smallest absolute Gasteiger partial charge is 0.352 e. The number of hydrogen-bond acceptors (Lipinski definition) is 2. The van der Waals surface area contributed by atoms with E-state index < -0.39 is 22.7 Å². The molecule has 0 aliphatic carbocycles. The molecule has 0 saturated carbocycles. The van der Waals surface area contributed by atoms with Gasteiger partial charge < -0.3 is 10.6 Å². The number of amides is 2. The minimum atomic E-state index is -4.61. The standard InChI is InChI=1S/C18H16ClF3N2O2/c1-11-3-2-4-12(9-11)17(26)23-8-7-16(25)24-13-5-6-15(19)14(10-13)18(20,21)22/h2-6,9-10H,7-8H2,1H3,(H,23,26)(H,24,25). The number of hydrogen-bond donors (Lipinski definition) is 2. The Morgan fingerprint density at radius 3 is 2.50 bits per heavy atom. The predicted molar refractivity (Wildman–Crippen MR) is 93.2 cm³/mol. The largest absolute Gasteiger partial charge is 0.417 e. The van der Waals surface area contributed by atoms with Gasteiger partial charge in [-0.25, -0.2) is 0 Å². The van der Waals surface area contributed by atoms with Crippen LogP contribution in [-0.4, -0.2) is 18.4 Å². The van der Waals surface area contributed by atoms with E-state index in [1.165, 1.54) is 6.07 Å². The molecule has 0 saturated heterocycles. The minimum absolute atomic E-state index is 0.0169. The van der Waals surface area contributed by atoms with Crippen molar-refractivity contribution in [3.8, 4) is 0 Å². The minimum Gasteiger partial charge on any atom is -0.352 e. The summed E-state index contributed by atoms with van der Waals surface area (Å²) in [4.78, 5) is 23.8. The quantitative estimate of drug-likeness (QED) is 0.801. The van der Waals surface area contributed by atoms with Crippen molar-refractivity contribution in [1.29, 1.82) is 0 Å². The fraction of sp³-hybridized carbons (Fsp3) is 0.222. The van der Waals surface area contributed by atoms with E-state index in [1.807, 2.05) is 13.0 Å². The number of rotatable bonds is 5. The summed E-state index contributed by atoms with van der Waals surface area (Å²) in [7, 11) is 0. The maximum atomic E-state index is 12.8. The molecular weight excluding hydrogens is 369 g/mol. The highest BCUT2D eigenvalue weighted by Crippen LogP contribution is 2.36. The van der Waals surface area contributed by atoms with Crippen LogP contribution in [0.2, 0.25) is 5.02 Å². The van der Waals surface area contributed by atoms with Crippen LogP contribution in [0.15, 0.2) is 42.5 Å². The first-order valence-electron chi connectivity index (χ1n) is 7.68. The number of carbonyl (C=O) groups excluding carboxylic acids is 2. The summed E-state index contributed by atoms with van der Waals surface area (Å²) in [5.74, 6) is -0.850. The van der Waals surface area contributed by atoms with E-state index in [0.717, 1.165) is 17.7 Å². The number of aryl methyl sites for hydroxylation is 1. The van der Waals surface area contributed by atoms with Crippen molar-refractivity contribution in [3.63, 3.8) is 0 Å². The van der Waals surface area contributed by atoms with Crippen molar-refractivity contribution in [1.82, 2.24) is 5.32 Å². The predicted octanol–water partition coefficient (Wildman–Crippen LogP) is 4.43. The molecule has 26 heavy (non-hydrogen) atoms. The molecule has 0 bridgehead atoms. The third kappa shape index (κ3) is 5.49. The van der Waals surface area contributed by atoms with Gasteiger partial charge in [0.05, 0.1) is 10.6 Å². The molecule has 0 radical (unpaired) electrons. The summed E-state index contributed by atoms with van der Waals surface area (Å²) in [6.07, 6.45) is -4.69. The molecule has 4 nitrogen and oxygen atoms in total. The summed E-state index contributed by atoms with van der Waals surface area (Å²) >= 11 is 5.52. The third-order valence-corrected chi connectivity index (χ3v) is 3.80. The summed E-state index contributed by atoms with van der Waals surface area (Å²) in [6, 6.07) is 10.1. The SMILES string of the molecule is Cc1cccc(C(=O)NCCC(=O)Nc2ccc(Cl)c(C(F)(F)F)c2)c1. The van der Waals surface area contributed by atoms with Gasteiger partial charge in [0.15, 0.2) is 0 Å². The van der Waals surface area contributed by atoms with Gasteiger partial charge in [0.25, 0.3) is 5.91 Å².